The van der Waals surface area contributed by atoms with Gasteiger partial charge in [-0.15, -0.1) is 0 Å². The van der Waals surface area contributed by atoms with Gasteiger partial charge in [0.15, 0.2) is 11.0 Å². The van der Waals surface area contributed by atoms with Gasteiger partial charge in [-0.05, 0) is 73.9 Å². The number of hydrogen-bond donors (Lipinski definition) is 3. The van der Waals surface area contributed by atoms with Gasteiger partial charge in [0.2, 0.25) is 0 Å². The first-order valence-corrected chi connectivity index (χ1v) is 23.0. The second kappa shape index (κ2) is 20.6. The van der Waals surface area contributed by atoms with Crippen LogP contribution in [0.25, 0.3) is 11.0 Å². The SMILES string of the molecule is CC1CN(Cc2cccc(N(C)C)c2)CC1c1nn2c(C3CCOCC3)ncc2c(=O)[nH]1.CC1CNCC1c1nn2c(C3CCOCC3)ncc2c(=O)[nH]1.CN(C)c1cccc(C=O)c1. The minimum absolute atomic E-state index is 0.102. The summed E-state index contributed by atoms with van der Waals surface area (Å²) in [7, 11) is 8.03. The van der Waals surface area contributed by atoms with Crippen molar-refractivity contribution in [1.29, 1.82) is 0 Å². The lowest BCUT2D eigenvalue weighted by atomic mass is 9.97. The van der Waals surface area contributed by atoms with Crippen molar-refractivity contribution in [3.63, 3.8) is 0 Å². The van der Waals surface area contributed by atoms with Crippen LogP contribution in [0.5, 0.6) is 0 Å². The van der Waals surface area contributed by atoms with E-state index in [2.05, 4.69) is 87.3 Å². The second-order valence-corrected chi connectivity index (χ2v) is 18.5. The Bertz CT molecular complexity index is 2660. The highest BCUT2D eigenvalue weighted by atomic mass is 16.5. The molecule has 4 atom stereocenters. The predicted molar refractivity (Wildman–Crippen MR) is 252 cm³/mol. The Morgan fingerprint density at radius 2 is 1.23 bits per heavy atom. The van der Waals surface area contributed by atoms with Crippen molar-refractivity contribution in [3.05, 3.63) is 116 Å². The molecule has 0 radical (unpaired) electrons. The Labute approximate surface area is 379 Å². The summed E-state index contributed by atoms with van der Waals surface area (Å²) in [6.45, 7) is 12.0. The van der Waals surface area contributed by atoms with Crippen LogP contribution in [-0.2, 0) is 16.0 Å². The van der Waals surface area contributed by atoms with Gasteiger partial charge in [0.25, 0.3) is 11.1 Å². The molecule has 0 amide bonds. The fourth-order valence-corrected chi connectivity index (χ4v) is 9.46. The largest absolute Gasteiger partial charge is 0.381 e. The first-order valence-electron chi connectivity index (χ1n) is 23.0. The molecule has 8 heterocycles. The van der Waals surface area contributed by atoms with E-state index in [9.17, 15) is 14.4 Å². The summed E-state index contributed by atoms with van der Waals surface area (Å²) in [4.78, 5) is 57.2. The van der Waals surface area contributed by atoms with Gasteiger partial charge in [-0.25, -0.2) is 19.0 Å². The second-order valence-electron chi connectivity index (χ2n) is 18.5. The summed E-state index contributed by atoms with van der Waals surface area (Å²) in [5, 5.41) is 13.0. The van der Waals surface area contributed by atoms with E-state index in [0.717, 1.165) is 126 Å². The molecular formula is C48H64N12O5. The number of fused-ring (bicyclic) bond motifs is 2. The number of nitrogens with zero attached hydrogens (tertiary/aromatic N) is 9. The molecule has 0 spiro atoms. The Balaban J connectivity index is 0.000000150. The van der Waals surface area contributed by atoms with E-state index < -0.39 is 0 Å². The third kappa shape index (κ3) is 10.5. The molecule has 3 N–H and O–H groups in total. The van der Waals surface area contributed by atoms with Gasteiger partial charge in [0.1, 0.15) is 29.6 Å². The number of likely N-dealkylation sites (tertiary alicyclic amines) is 1. The zero-order valence-corrected chi connectivity index (χ0v) is 38.6. The predicted octanol–water partition coefficient (Wildman–Crippen LogP) is 4.81. The zero-order valence-electron chi connectivity index (χ0n) is 38.6. The van der Waals surface area contributed by atoms with E-state index in [1.807, 2.05) is 37.2 Å². The number of benzene rings is 2. The highest BCUT2D eigenvalue weighted by molar-refractivity contribution is 5.77. The van der Waals surface area contributed by atoms with Gasteiger partial charge in [-0.3, -0.25) is 19.3 Å². The van der Waals surface area contributed by atoms with Crippen LogP contribution in [0.1, 0.15) is 102 Å². The molecule has 17 nitrogen and oxygen atoms in total. The molecule has 0 bridgehead atoms. The van der Waals surface area contributed by atoms with E-state index in [0.29, 0.717) is 28.8 Å². The number of carbonyl (C=O) groups is 1. The highest BCUT2D eigenvalue weighted by Crippen LogP contribution is 2.33. The van der Waals surface area contributed by atoms with Crippen LogP contribution in [0, 0.1) is 11.8 Å². The Kier molecular flexibility index (Phi) is 14.5. The van der Waals surface area contributed by atoms with Crippen molar-refractivity contribution < 1.29 is 14.3 Å². The van der Waals surface area contributed by atoms with Crippen LogP contribution in [-0.4, -0.2) is 131 Å². The molecule has 0 aliphatic carbocycles. The molecule has 6 aromatic rings. The van der Waals surface area contributed by atoms with E-state index in [1.54, 1.807) is 27.5 Å². The topological polar surface area (TPSA) is 183 Å². The number of aromatic nitrogens is 8. The highest BCUT2D eigenvalue weighted by Gasteiger charge is 2.34. The molecule has 0 saturated carbocycles. The Morgan fingerprint density at radius 1 is 0.692 bits per heavy atom. The number of imidazole rings is 2. The van der Waals surface area contributed by atoms with Crippen molar-refractivity contribution in [1.82, 2.24) is 49.4 Å². The molecule has 4 aliphatic heterocycles. The Hall–Kier alpha value is -5.75. The smallest absolute Gasteiger partial charge is 0.276 e. The first-order chi connectivity index (χ1) is 31.5. The van der Waals surface area contributed by atoms with Crippen molar-refractivity contribution in [2.45, 2.75) is 69.7 Å². The molecule has 4 fully saturated rings. The number of aromatic amines is 2. The van der Waals surface area contributed by atoms with Crippen molar-refractivity contribution in [3.8, 4) is 0 Å². The summed E-state index contributed by atoms with van der Waals surface area (Å²) in [5.74, 6) is 5.23. The van der Waals surface area contributed by atoms with Gasteiger partial charge in [-0.1, -0.05) is 38.1 Å². The number of anilines is 2. The van der Waals surface area contributed by atoms with Crippen molar-refractivity contribution in [2.75, 3.05) is 90.6 Å². The van der Waals surface area contributed by atoms with E-state index in [1.165, 1.54) is 11.3 Å². The third-order valence-corrected chi connectivity index (χ3v) is 13.3. The van der Waals surface area contributed by atoms with Gasteiger partial charge >= 0.3 is 0 Å². The normalized spacial score (nSPS) is 21.8. The molecule has 4 aliphatic rings. The number of carbonyl (C=O) groups excluding carboxylic acids is 1. The lowest BCUT2D eigenvalue weighted by Crippen LogP contribution is -2.24. The number of H-pyrrole nitrogens is 2. The van der Waals surface area contributed by atoms with Gasteiger partial charge < -0.3 is 34.6 Å². The van der Waals surface area contributed by atoms with Crippen LogP contribution < -0.4 is 26.2 Å². The van der Waals surface area contributed by atoms with E-state index >= 15 is 0 Å². The van der Waals surface area contributed by atoms with Crippen LogP contribution >= 0.6 is 0 Å². The van der Waals surface area contributed by atoms with Crippen LogP contribution in [0.2, 0.25) is 0 Å². The van der Waals surface area contributed by atoms with E-state index in [4.69, 9.17) is 19.7 Å². The third-order valence-electron chi connectivity index (χ3n) is 13.3. The minimum atomic E-state index is -0.106. The van der Waals surface area contributed by atoms with Crippen LogP contribution in [0.4, 0.5) is 11.4 Å². The number of ether oxygens (including phenoxy) is 2. The van der Waals surface area contributed by atoms with Crippen molar-refractivity contribution in [2.24, 2.45) is 11.8 Å². The average Bonchev–Trinajstić information content (AvgIpc) is 4.14. The fourth-order valence-electron chi connectivity index (χ4n) is 9.46. The van der Waals surface area contributed by atoms with Gasteiger partial charge in [-0.2, -0.15) is 10.2 Å². The summed E-state index contributed by atoms with van der Waals surface area (Å²) in [5.41, 5.74) is 5.13. The number of rotatable bonds is 9. The molecule has 4 aromatic heterocycles. The monoisotopic (exact) mass is 889 g/mol. The summed E-state index contributed by atoms with van der Waals surface area (Å²) >= 11 is 0. The maximum Gasteiger partial charge on any atom is 0.276 e. The summed E-state index contributed by atoms with van der Waals surface area (Å²) < 4.78 is 14.5. The van der Waals surface area contributed by atoms with Gasteiger partial charge in [0, 0.05) is 121 Å². The minimum Gasteiger partial charge on any atom is -0.381 e. The molecule has 10 rings (SSSR count). The van der Waals surface area contributed by atoms with Crippen molar-refractivity contribution >= 4 is 28.7 Å². The lowest BCUT2D eigenvalue weighted by molar-refractivity contribution is 0.0831. The number of nitrogens with one attached hydrogen (secondary N) is 3. The molecule has 4 unspecified atom stereocenters. The molecule has 17 heteroatoms. The maximum atomic E-state index is 12.8. The molecule has 65 heavy (non-hydrogen) atoms. The van der Waals surface area contributed by atoms with Gasteiger partial charge in [0.05, 0.1) is 12.4 Å². The lowest BCUT2D eigenvalue weighted by Gasteiger charge is -2.21. The maximum absolute atomic E-state index is 12.8. The number of aldehydes is 1. The Morgan fingerprint density at radius 3 is 1.75 bits per heavy atom. The quantitative estimate of drug-likeness (QED) is 0.168. The average molecular weight is 889 g/mol. The summed E-state index contributed by atoms with van der Waals surface area (Å²) in [6.07, 6.45) is 7.85. The standard InChI is InChI=1S/C24H32N6O2.C15H21N5O2.C9H11NO/c1-16-13-29(14-17-5-4-6-19(11-17)28(2)3)15-20(16)22-26-24(31)21-12-25-23(30(21)27-22)18-7-9-32-10-8-18;1-9-6-16-7-11(9)13-18-15(21)12-8-17-14(20(12)19-13)10-2-4-22-5-3-10;1-10(2)9-5-3-4-8(6-9)7-11/h4-6,11-12,16,18,20H,7-10,13-15H2,1-3H3,(H,26,27,31);8-11,16H,2-7H2,1H3,(H,18,19,21);3-7H,1-2H3. The molecule has 4 saturated heterocycles. The first kappa shape index (κ1) is 45.8. The summed E-state index contributed by atoms with van der Waals surface area (Å²) in [6, 6.07) is 16.2. The number of hydrogen-bond acceptors (Lipinski definition) is 13. The molecule has 2 aromatic carbocycles. The zero-order chi connectivity index (χ0) is 45.6. The molecule has 346 valence electrons. The van der Waals surface area contributed by atoms with Crippen LogP contribution in [0.15, 0.2) is 70.5 Å². The van der Waals surface area contributed by atoms with Crippen LogP contribution in [0.3, 0.4) is 0 Å². The molecular weight excluding hydrogens is 825 g/mol. The van der Waals surface area contributed by atoms with E-state index in [-0.39, 0.29) is 28.9 Å². The fraction of sp³-hybridized carbons (Fsp3) is 0.521.